The molecule has 2 N–H and O–H groups in total. The van der Waals surface area contributed by atoms with E-state index in [1.165, 1.54) is 0 Å². The second kappa shape index (κ2) is 6.09. The highest BCUT2D eigenvalue weighted by Gasteiger charge is 2.35. The average Bonchev–Trinajstić information content (AvgIpc) is 2.60. The van der Waals surface area contributed by atoms with Crippen LogP contribution in [0.4, 0.5) is 18.0 Å². The number of carboxylic acid groups (broad SMARTS) is 1. The molecular formula is C10H15F3N2O4. The smallest absolute Gasteiger partial charge is 0.406 e. The van der Waals surface area contributed by atoms with Gasteiger partial charge in [0, 0.05) is 6.61 Å². The number of rotatable bonds is 4. The highest BCUT2D eigenvalue weighted by atomic mass is 19.4. The monoisotopic (exact) mass is 284 g/mol. The molecule has 6 nitrogen and oxygen atoms in total. The van der Waals surface area contributed by atoms with Crippen LogP contribution in [0.1, 0.15) is 13.3 Å². The van der Waals surface area contributed by atoms with Gasteiger partial charge in [-0.25, -0.2) is 4.79 Å². The summed E-state index contributed by atoms with van der Waals surface area (Å²) in [6, 6.07) is -1.46. The fraction of sp³-hybridized carbons (Fsp3) is 0.800. The van der Waals surface area contributed by atoms with Crippen molar-refractivity contribution in [2.75, 3.05) is 19.7 Å². The van der Waals surface area contributed by atoms with Crippen molar-refractivity contribution in [3.63, 3.8) is 0 Å². The van der Waals surface area contributed by atoms with Crippen LogP contribution in [0.2, 0.25) is 0 Å². The molecule has 0 spiro atoms. The molecule has 1 heterocycles. The summed E-state index contributed by atoms with van der Waals surface area (Å²) in [5.74, 6) is -1.50. The molecule has 1 rings (SSSR count). The van der Waals surface area contributed by atoms with Crippen molar-refractivity contribution in [1.29, 1.82) is 0 Å². The van der Waals surface area contributed by atoms with Gasteiger partial charge in [-0.15, -0.1) is 0 Å². The maximum atomic E-state index is 12.3. The molecule has 1 fully saturated rings. The van der Waals surface area contributed by atoms with Crippen LogP contribution in [0.5, 0.6) is 0 Å². The van der Waals surface area contributed by atoms with Gasteiger partial charge in [0.2, 0.25) is 0 Å². The van der Waals surface area contributed by atoms with Gasteiger partial charge in [0.15, 0.2) is 0 Å². The summed E-state index contributed by atoms with van der Waals surface area (Å²) in [4.78, 5) is 22.4. The molecule has 0 saturated carbocycles. The molecular weight excluding hydrogens is 269 g/mol. The second-order valence-corrected chi connectivity index (χ2v) is 4.29. The summed E-state index contributed by atoms with van der Waals surface area (Å²) in [6.45, 7) is -0.520. The predicted octanol–water partition coefficient (Wildman–Crippen LogP) is 0.822. The fourth-order valence-corrected chi connectivity index (χ4v) is 1.75. The van der Waals surface area contributed by atoms with Crippen LogP contribution in [-0.2, 0) is 9.53 Å². The van der Waals surface area contributed by atoms with Gasteiger partial charge in [-0.2, -0.15) is 13.2 Å². The van der Waals surface area contributed by atoms with Crippen molar-refractivity contribution < 1.29 is 32.6 Å². The fourth-order valence-electron chi connectivity index (χ4n) is 1.75. The largest absolute Gasteiger partial charge is 0.480 e. The minimum Gasteiger partial charge on any atom is -0.480 e. The predicted molar refractivity (Wildman–Crippen MR) is 57.6 cm³/mol. The Labute approximate surface area is 107 Å². The molecule has 0 aromatic rings. The minimum absolute atomic E-state index is 0.216. The first-order valence-electron chi connectivity index (χ1n) is 5.64. The van der Waals surface area contributed by atoms with E-state index in [0.29, 0.717) is 13.0 Å². The number of amides is 2. The van der Waals surface area contributed by atoms with Crippen LogP contribution in [0.3, 0.4) is 0 Å². The number of alkyl halides is 3. The molecule has 0 bridgehead atoms. The third-order valence-electron chi connectivity index (χ3n) is 2.67. The molecule has 1 saturated heterocycles. The third-order valence-corrected chi connectivity index (χ3v) is 2.67. The van der Waals surface area contributed by atoms with E-state index in [9.17, 15) is 22.8 Å². The summed E-state index contributed by atoms with van der Waals surface area (Å²) >= 11 is 0. The Morgan fingerprint density at radius 2 is 2.11 bits per heavy atom. The van der Waals surface area contributed by atoms with Crippen molar-refractivity contribution in [3.05, 3.63) is 0 Å². The van der Waals surface area contributed by atoms with Crippen molar-refractivity contribution in [1.82, 2.24) is 10.2 Å². The lowest BCUT2D eigenvalue weighted by Crippen LogP contribution is -2.51. The Kier molecular flexibility index (Phi) is 4.98. The molecule has 1 aliphatic heterocycles. The lowest BCUT2D eigenvalue weighted by atomic mass is 10.2. The molecule has 110 valence electrons. The summed E-state index contributed by atoms with van der Waals surface area (Å²) < 4.78 is 42.0. The SMILES string of the molecule is CC1OCCC1NC(=O)N(CC(=O)O)CC(F)(F)F. The maximum Gasteiger partial charge on any atom is 0.406 e. The van der Waals surface area contributed by atoms with Crippen molar-refractivity contribution in [2.45, 2.75) is 31.7 Å². The lowest BCUT2D eigenvalue weighted by Gasteiger charge is -2.25. The zero-order valence-electron chi connectivity index (χ0n) is 10.2. The first-order valence-corrected chi connectivity index (χ1v) is 5.64. The van der Waals surface area contributed by atoms with Crippen LogP contribution in [0.15, 0.2) is 0 Å². The number of halogens is 3. The van der Waals surface area contributed by atoms with Crippen LogP contribution in [0, 0.1) is 0 Å². The summed E-state index contributed by atoms with van der Waals surface area (Å²) in [7, 11) is 0. The first kappa shape index (κ1) is 15.5. The Balaban J connectivity index is 2.62. The number of aliphatic carboxylic acids is 1. The van der Waals surface area contributed by atoms with Gasteiger partial charge in [0.1, 0.15) is 13.1 Å². The topological polar surface area (TPSA) is 78.9 Å². The number of urea groups is 1. The molecule has 0 aromatic heterocycles. The number of nitrogens with one attached hydrogen (secondary N) is 1. The quantitative estimate of drug-likeness (QED) is 0.801. The number of ether oxygens (including phenoxy) is 1. The van der Waals surface area contributed by atoms with E-state index < -0.39 is 37.3 Å². The maximum absolute atomic E-state index is 12.3. The minimum atomic E-state index is -4.65. The second-order valence-electron chi connectivity index (χ2n) is 4.29. The molecule has 9 heteroatoms. The van der Waals surface area contributed by atoms with Crippen LogP contribution < -0.4 is 5.32 Å². The molecule has 0 aromatic carbocycles. The van der Waals surface area contributed by atoms with Gasteiger partial charge < -0.3 is 20.1 Å². The van der Waals surface area contributed by atoms with Crippen LogP contribution >= 0.6 is 0 Å². The highest BCUT2D eigenvalue weighted by molar-refractivity contribution is 5.80. The number of carbonyl (C=O) groups is 2. The van der Waals surface area contributed by atoms with Gasteiger partial charge in [-0.3, -0.25) is 4.79 Å². The first-order chi connectivity index (χ1) is 8.69. The van der Waals surface area contributed by atoms with Crippen molar-refractivity contribution >= 4 is 12.0 Å². The lowest BCUT2D eigenvalue weighted by molar-refractivity contribution is -0.149. The molecule has 2 unspecified atom stereocenters. The van der Waals surface area contributed by atoms with E-state index in [1.54, 1.807) is 6.92 Å². The number of carbonyl (C=O) groups excluding carboxylic acids is 1. The van der Waals surface area contributed by atoms with Crippen LogP contribution in [-0.4, -0.2) is 60.0 Å². The number of hydrogen-bond acceptors (Lipinski definition) is 3. The van der Waals surface area contributed by atoms with Gasteiger partial charge in [-0.05, 0) is 13.3 Å². The van der Waals surface area contributed by atoms with Gasteiger partial charge in [-0.1, -0.05) is 0 Å². The number of carboxylic acids is 1. The van der Waals surface area contributed by atoms with Gasteiger partial charge in [0.05, 0.1) is 12.1 Å². The summed E-state index contributed by atoms with van der Waals surface area (Å²) in [6.07, 6.45) is -4.47. The Morgan fingerprint density at radius 3 is 2.53 bits per heavy atom. The van der Waals surface area contributed by atoms with E-state index >= 15 is 0 Å². The van der Waals surface area contributed by atoms with E-state index in [1.807, 2.05) is 0 Å². The molecule has 1 aliphatic rings. The molecule has 2 atom stereocenters. The summed E-state index contributed by atoms with van der Waals surface area (Å²) in [5, 5.41) is 10.9. The number of hydrogen-bond donors (Lipinski definition) is 2. The van der Waals surface area contributed by atoms with E-state index in [0.717, 1.165) is 0 Å². The molecule has 0 radical (unpaired) electrons. The number of nitrogens with zero attached hydrogens (tertiary/aromatic N) is 1. The Hall–Kier alpha value is -1.51. The molecule has 2 amide bonds. The summed E-state index contributed by atoms with van der Waals surface area (Å²) in [5.41, 5.74) is 0. The van der Waals surface area contributed by atoms with Crippen molar-refractivity contribution in [3.8, 4) is 0 Å². The Bertz CT molecular complexity index is 348. The molecule has 19 heavy (non-hydrogen) atoms. The van der Waals surface area contributed by atoms with Gasteiger partial charge in [0.25, 0.3) is 0 Å². The Morgan fingerprint density at radius 1 is 1.47 bits per heavy atom. The van der Waals surface area contributed by atoms with E-state index in [-0.39, 0.29) is 11.0 Å². The zero-order valence-corrected chi connectivity index (χ0v) is 10.2. The van der Waals surface area contributed by atoms with Gasteiger partial charge >= 0.3 is 18.2 Å². The highest BCUT2D eigenvalue weighted by Crippen LogP contribution is 2.17. The standard InChI is InChI=1S/C10H15F3N2O4/c1-6-7(2-3-19-6)14-9(18)15(4-8(16)17)5-10(11,12)13/h6-7H,2-5H2,1H3,(H,14,18)(H,16,17). The van der Waals surface area contributed by atoms with Crippen LogP contribution in [0.25, 0.3) is 0 Å². The normalized spacial score (nSPS) is 23.2. The zero-order chi connectivity index (χ0) is 14.6. The van der Waals surface area contributed by atoms with Crippen molar-refractivity contribution in [2.24, 2.45) is 0 Å². The van der Waals surface area contributed by atoms with E-state index in [4.69, 9.17) is 9.84 Å². The average molecular weight is 284 g/mol. The van der Waals surface area contributed by atoms with E-state index in [2.05, 4.69) is 5.32 Å². The molecule has 0 aliphatic carbocycles. The third kappa shape index (κ3) is 5.33.